The first-order chi connectivity index (χ1) is 20.7. The Labute approximate surface area is 254 Å². The van der Waals surface area contributed by atoms with Crippen molar-refractivity contribution in [2.24, 2.45) is 11.1 Å². The van der Waals surface area contributed by atoms with Gasteiger partial charge in [-0.05, 0) is 50.3 Å². The Morgan fingerprint density at radius 3 is 2.56 bits per heavy atom. The number of carbonyl (C=O) groups is 3. The fraction of sp³-hybridized carbons (Fsp3) is 0.576. The van der Waals surface area contributed by atoms with Crippen LogP contribution < -0.4 is 5.32 Å². The predicted octanol–water partition coefficient (Wildman–Crippen LogP) is 5.31. The third kappa shape index (κ3) is 12.2. The second-order valence-electron chi connectivity index (χ2n) is 11.3. The van der Waals surface area contributed by atoms with Crippen LogP contribution in [0.25, 0.3) is 0 Å². The molecule has 43 heavy (non-hydrogen) atoms. The number of Topliss-reactive ketones (excluding diaryl/α,β-unsaturated/α-hetero) is 1. The molecule has 2 atom stereocenters. The van der Waals surface area contributed by atoms with Crippen molar-refractivity contribution in [2.45, 2.75) is 96.7 Å². The molecule has 1 aliphatic carbocycles. The Bertz CT molecular complexity index is 1170. The minimum Gasteiger partial charge on any atom is -0.508 e. The summed E-state index contributed by atoms with van der Waals surface area (Å²) in [5.41, 5.74) is 0.646. The van der Waals surface area contributed by atoms with Crippen LogP contribution >= 0.6 is 0 Å². The number of ether oxygens (including phenoxy) is 2. The lowest BCUT2D eigenvalue weighted by Gasteiger charge is -2.18. The predicted molar refractivity (Wildman–Crippen MR) is 163 cm³/mol. The summed E-state index contributed by atoms with van der Waals surface area (Å²) in [6, 6.07) is 2.48. The molecule has 1 aliphatic heterocycles. The Hall–Kier alpha value is -3.66. The molecule has 1 aromatic carbocycles. The van der Waals surface area contributed by atoms with Gasteiger partial charge in [0.2, 0.25) is 5.91 Å². The van der Waals surface area contributed by atoms with Gasteiger partial charge in [-0.3, -0.25) is 9.59 Å². The van der Waals surface area contributed by atoms with E-state index in [0.717, 1.165) is 44.6 Å². The van der Waals surface area contributed by atoms with E-state index in [2.05, 4.69) is 10.5 Å². The molecule has 0 saturated heterocycles. The van der Waals surface area contributed by atoms with E-state index < -0.39 is 17.8 Å². The van der Waals surface area contributed by atoms with Crippen LogP contribution in [0, 0.1) is 5.92 Å². The van der Waals surface area contributed by atoms with Crippen LogP contribution in [0.15, 0.2) is 41.6 Å². The SMILES string of the molecule is CC(=O)NCCCOC1/C=C/C[C@@H](C)OC(=O)c2c(O)cc(O)cc2CC(=N/OCC(=O)C2CCCCCCC2)/C=C/C1. The summed E-state index contributed by atoms with van der Waals surface area (Å²) >= 11 is 0. The summed E-state index contributed by atoms with van der Waals surface area (Å²) in [5, 5.41) is 27.8. The van der Waals surface area contributed by atoms with Gasteiger partial charge in [-0.15, -0.1) is 0 Å². The van der Waals surface area contributed by atoms with E-state index in [1.54, 1.807) is 13.0 Å². The molecular formula is C33H46N2O8. The molecule has 0 spiro atoms. The molecule has 0 bridgehead atoms. The van der Waals surface area contributed by atoms with Crippen molar-refractivity contribution in [1.82, 2.24) is 5.32 Å². The molecule has 3 N–H and O–H groups in total. The zero-order valence-corrected chi connectivity index (χ0v) is 25.4. The maximum atomic E-state index is 13.1. The highest BCUT2D eigenvalue weighted by Crippen LogP contribution is 2.30. The maximum absolute atomic E-state index is 13.1. The quantitative estimate of drug-likeness (QED) is 0.150. The van der Waals surface area contributed by atoms with Gasteiger partial charge in [0.15, 0.2) is 12.4 Å². The summed E-state index contributed by atoms with van der Waals surface area (Å²) in [6.45, 7) is 4.03. The van der Waals surface area contributed by atoms with Crippen LogP contribution in [-0.2, 0) is 30.3 Å². The minimum atomic E-state index is -0.722. The van der Waals surface area contributed by atoms with E-state index >= 15 is 0 Å². The van der Waals surface area contributed by atoms with Gasteiger partial charge in [0.1, 0.15) is 23.2 Å². The number of cyclic esters (lactones) is 1. The molecular weight excluding hydrogens is 552 g/mol. The number of hydrogen-bond acceptors (Lipinski definition) is 9. The number of phenolic OH excluding ortho intramolecular Hbond substituents is 2. The number of fused-ring (bicyclic) bond motifs is 1. The lowest BCUT2D eigenvalue weighted by molar-refractivity contribution is -0.128. The molecule has 1 aromatic rings. The number of nitrogens with one attached hydrogen (secondary N) is 1. The van der Waals surface area contributed by atoms with Crippen LogP contribution in [0.4, 0.5) is 0 Å². The van der Waals surface area contributed by atoms with Crippen LogP contribution in [0.1, 0.15) is 94.0 Å². The zero-order chi connectivity index (χ0) is 31.0. The normalized spacial score (nSPS) is 23.1. The molecule has 1 amide bonds. The molecule has 1 unspecified atom stereocenters. The molecule has 1 fully saturated rings. The van der Waals surface area contributed by atoms with E-state index in [9.17, 15) is 24.6 Å². The van der Waals surface area contributed by atoms with Crippen LogP contribution in [-0.4, -0.2) is 65.6 Å². The van der Waals surface area contributed by atoms with Crippen molar-refractivity contribution >= 4 is 23.4 Å². The smallest absolute Gasteiger partial charge is 0.342 e. The standard InChI is InChI=1S/C33H46N2O8/c1-23-11-8-15-29(41-18-10-17-34-24(2)36)16-9-14-27(19-26-20-28(37)21-30(38)32(26)33(40)43-23)35-42-22-31(39)25-12-6-4-3-5-7-13-25/h8-9,14-15,20-21,23,25,29,37-38H,3-7,10-13,16-19,22H2,1-2H3,(H,34,36)/b14-9+,15-8+,35-27+/t23-,29?/m1/s1. The summed E-state index contributed by atoms with van der Waals surface area (Å²) in [4.78, 5) is 42.6. The third-order valence-electron chi connectivity index (χ3n) is 7.54. The van der Waals surface area contributed by atoms with Crippen LogP contribution in [0.2, 0.25) is 0 Å². The molecule has 2 aliphatic rings. The average molecular weight is 599 g/mol. The van der Waals surface area contributed by atoms with E-state index in [1.807, 2.05) is 18.2 Å². The number of oxime groups is 1. The van der Waals surface area contributed by atoms with Gasteiger partial charge in [0.05, 0.1) is 11.8 Å². The second kappa shape index (κ2) is 18.1. The lowest BCUT2D eigenvalue weighted by Crippen LogP contribution is -2.23. The largest absolute Gasteiger partial charge is 0.508 e. The monoisotopic (exact) mass is 598 g/mol. The number of phenols is 2. The van der Waals surface area contributed by atoms with Gasteiger partial charge in [-0.1, -0.05) is 55.5 Å². The second-order valence-corrected chi connectivity index (χ2v) is 11.3. The lowest BCUT2D eigenvalue weighted by atomic mass is 9.88. The van der Waals surface area contributed by atoms with Crippen molar-refractivity contribution in [3.05, 3.63) is 47.6 Å². The highest BCUT2D eigenvalue weighted by atomic mass is 16.6. The summed E-state index contributed by atoms with van der Waals surface area (Å²) in [7, 11) is 0. The van der Waals surface area contributed by atoms with E-state index in [-0.39, 0.29) is 48.1 Å². The summed E-state index contributed by atoms with van der Waals surface area (Å²) in [6.07, 6.45) is 15.6. The maximum Gasteiger partial charge on any atom is 0.342 e. The molecule has 1 saturated carbocycles. The average Bonchev–Trinajstić information content (AvgIpc) is 2.91. The van der Waals surface area contributed by atoms with Gasteiger partial charge < -0.3 is 29.8 Å². The minimum absolute atomic E-state index is 0.0262. The van der Waals surface area contributed by atoms with Gasteiger partial charge >= 0.3 is 5.97 Å². The van der Waals surface area contributed by atoms with Crippen LogP contribution in [0.3, 0.4) is 0 Å². The molecule has 1 heterocycles. The molecule has 0 aromatic heterocycles. The van der Waals surface area contributed by atoms with Gasteiger partial charge in [0, 0.05) is 44.9 Å². The van der Waals surface area contributed by atoms with Gasteiger partial charge in [-0.25, -0.2) is 4.79 Å². The van der Waals surface area contributed by atoms with E-state index in [1.165, 1.54) is 19.4 Å². The van der Waals surface area contributed by atoms with E-state index in [4.69, 9.17) is 14.3 Å². The fourth-order valence-corrected chi connectivity index (χ4v) is 5.26. The van der Waals surface area contributed by atoms with Crippen molar-refractivity contribution in [2.75, 3.05) is 19.8 Å². The number of aromatic hydroxyl groups is 2. The number of rotatable bonds is 9. The van der Waals surface area contributed by atoms with Crippen LogP contribution in [0.5, 0.6) is 11.5 Å². The Morgan fingerprint density at radius 2 is 1.81 bits per heavy atom. The third-order valence-corrected chi connectivity index (χ3v) is 7.54. The first-order valence-electron chi connectivity index (χ1n) is 15.4. The first kappa shape index (κ1) is 33.8. The number of allylic oxidation sites excluding steroid dienone is 1. The van der Waals surface area contributed by atoms with Crippen molar-refractivity contribution < 1.29 is 38.9 Å². The Kier molecular flexibility index (Phi) is 14.2. The molecule has 236 valence electrons. The summed E-state index contributed by atoms with van der Waals surface area (Å²) in [5.74, 6) is -1.42. The van der Waals surface area contributed by atoms with E-state index in [0.29, 0.717) is 43.7 Å². The van der Waals surface area contributed by atoms with Crippen molar-refractivity contribution in [3.63, 3.8) is 0 Å². The number of nitrogens with zero attached hydrogens (tertiary/aromatic N) is 1. The molecule has 0 radical (unpaired) electrons. The van der Waals surface area contributed by atoms with Crippen molar-refractivity contribution in [3.8, 4) is 11.5 Å². The number of ketones is 1. The van der Waals surface area contributed by atoms with Crippen molar-refractivity contribution in [1.29, 1.82) is 0 Å². The Morgan fingerprint density at radius 1 is 1.07 bits per heavy atom. The number of hydrogen-bond donors (Lipinski definition) is 3. The molecule has 10 nitrogen and oxygen atoms in total. The fourth-order valence-electron chi connectivity index (χ4n) is 5.26. The highest BCUT2D eigenvalue weighted by Gasteiger charge is 2.23. The number of benzene rings is 1. The van der Waals surface area contributed by atoms with Gasteiger partial charge in [-0.2, -0.15) is 0 Å². The molecule has 3 rings (SSSR count). The summed E-state index contributed by atoms with van der Waals surface area (Å²) < 4.78 is 11.6. The highest BCUT2D eigenvalue weighted by molar-refractivity contribution is 6.00. The first-order valence-corrected chi connectivity index (χ1v) is 15.4. The Balaban J connectivity index is 1.80. The number of amides is 1. The topological polar surface area (TPSA) is 144 Å². The number of carbonyl (C=O) groups excluding carboxylic acids is 3. The zero-order valence-electron chi connectivity index (χ0n) is 25.4. The number of esters is 1. The molecule has 10 heteroatoms. The van der Waals surface area contributed by atoms with Gasteiger partial charge in [0.25, 0.3) is 0 Å².